The van der Waals surface area contributed by atoms with Crippen LogP contribution in [0.15, 0.2) is 24.3 Å². The van der Waals surface area contributed by atoms with Crippen molar-refractivity contribution in [3.05, 3.63) is 24.3 Å². The number of amides is 2. The molecule has 1 atom stereocenters. The van der Waals surface area contributed by atoms with Crippen molar-refractivity contribution in [2.45, 2.75) is 24.5 Å². The highest BCUT2D eigenvalue weighted by atomic mass is 16.6. The first-order chi connectivity index (χ1) is 13.0. The molecule has 0 aliphatic carbocycles. The molecule has 0 aromatic heterocycles. The topological polar surface area (TPSA) is 80.3 Å². The number of carbonyl (C=O) groups excluding carboxylic acids is 2. The van der Waals surface area contributed by atoms with E-state index in [9.17, 15) is 9.59 Å². The first-order valence-corrected chi connectivity index (χ1v) is 9.36. The second-order valence-corrected chi connectivity index (χ2v) is 7.43. The Kier molecular flexibility index (Phi) is 4.82. The molecule has 1 aromatic carbocycles. The second-order valence-electron chi connectivity index (χ2n) is 7.43. The number of nitrogens with one attached hydrogen (secondary N) is 1. The Bertz CT molecular complexity index is 719. The van der Waals surface area contributed by atoms with E-state index in [0.717, 1.165) is 31.7 Å². The lowest BCUT2D eigenvalue weighted by atomic mass is 9.92. The van der Waals surface area contributed by atoms with E-state index in [2.05, 4.69) is 5.32 Å². The monoisotopic (exact) mass is 375 g/mol. The molecule has 8 heteroatoms. The van der Waals surface area contributed by atoms with Gasteiger partial charge in [0.25, 0.3) is 0 Å². The van der Waals surface area contributed by atoms with Gasteiger partial charge in [-0.3, -0.25) is 9.69 Å². The molecule has 4 rings (SSSR count). The molecule has 0 unspecified atom stereocenters. The number of rotatable bonds is 4. The third kappa shape index (κ3) is 3.80. The van der Waals surface area contributed by atoms with Gasteiger partial charge in [-0.05, 0) is 25.2 Å². The van der Waals surface area contributed by atoms with Gasteiger partial charge in [0, 0.05) is 19.9 Å². The van der Waals surface area contributed by atoms with Gasteiger partial charge in [0.15, 0.2) is 17.6 Å². The normalized spacial score (nSPS) is 23.2. The zero-order chi connectivity index (χ0) is 18.9. The first kappa shape index (κ1) is 17.9. The summed E-state index contributed by atoms with van der Waals surface area (Å²) in [6.07, 6.45) is 0.928. The number of hydrogen-bond donors (Lipinski definition) is 1. The van der Waals surface area contributed by atoms with Crippen LogP contribution in [0.2, 0.25) is 0 Å². The van der Waals surface area contributed by atoms with Gasteiger partial charge in [-0.25, -0.2) is 4.79 Å². The molecule has 3 aliphatic rings. The van der Waals surface area contributed by atoms with E-state index < -0.39 is 11.7 Å². The van der Waals surface area contributed by atoms with Crippen LogP contribution in [-0.4, -0.2) is 79.9 Å². The van der Waals surface area contributed by atoms with Gasteiger partial charge >= 0.3 is 6.09 Å². The number of piperidine rings is 1. The molecule has 0 bridgehead atoms. The molecular formula is C19H25N3O5. The number of ether oxygens (including phenoxy) is 3. The molecule has 0 saturated carbocycles. The van der Waals surface area contributed by atoms with Gasteiger partial charge < -0.3 is 24.4 Å². The Morgan fingerprint density at radius 3 is 2.81 bits per heavy atom. The van der Waals surface area contributed by atoms with Gasteiger partial charge in [0.05, 0.1) is 13.1 Å². The molecule has 2 saturated heterocycles. The van der Waals surface area contributed by atoms with Gasteiger partial charge in [0.2, 0.25) is 5.91 Å². The van der Waals surface area contributed by atoms with Gasteiger partial charge in [0.1, 0.15) is 18.8 Å². The Morgan fingerprint density at radius 2 is 2.04 bits per heavy atom. The summed E-state index contributed by atoms with van der Waals surface area (Å²) >= 11 is 0. The molecule has 1 aromatic rings. The van der Waals surface area contributed by atoms with E-state index in [1.165, 1.54) is 4.90 Å². The van der Waals surface area contributed by atoms with Crippen molar-refractivity contribution in [1.82, 2.24) is 15.1 Å². The molecule has 1 N–H and O–H groups in total. The number of benzene rings is 1. The number of carbonyl (C=O) groups is 2. The molecule has 0 radical (unpaired) electrons. The van der Waals surface area contributed by atoms with Crippen LogP contribution in [0.5, 0.6) is 11.5 Å². The molecular weight excluding hydrogens is 350 g/mol. The van der Waals surface area contributed by atoms with E-state index in [1.54, 1.807) is 11.9 Å². The number of nitrogens with zero attached hydrogens (tertiary/aromatic N) is 2. The molecule has 1 spiro atoms. The maximum atomic E-state index is 12.6. The number of hydrogen-bond acceptors (Lipinski definition) is 6. The zero-order valence-electron chi connectivity index (χ0n) is 15.5. The summed E-state index contributed by atoms with van der Waals surface area (Å²) in [6.45, 7) is 2.94. The number of likely N-dealkylation sites (N-methyl/N-ethyl adjacent to an activating group) is 1. The van der Waals surface area contributed by atoms with E-state index in [1.807, 2.05) is 24.3 Å². The summed E-state index contributed by atoms with van der Waals surface area (Å²) < 4.78 is 17.2. The number of para-hydroxylation sites is 2. The van der Waals surface area contributed by atoms with Crippen LogP contribution < -0.4 is 14.8 Å². The predicted octanol–water partition coefficient (Wildman–Crippen LogP) is 0.859. The minimum atomic E-state index is -0.439. The molecule has 3 heterocycles. The third-order valence-corrected chi connectivity index (χ3v) is 5.35. The third-order valence-electron chi connectivity index (χ3n) is 5.35. The summed E-state index contributed by atoms with van der Waals surface area (Å²) in [5.74, 6) is 1.26. The average Bonchev–Trinajstić information content (AvgIpc) is 2.96. The second kappa shape index (κ2) is 7.26. The summed E-state index contributed by atoms with van der Waals surface area (Å²) in [6, 6.07) is 7.48. The van der Waals surface area contributed by atoms with Crippen LogP contribution in [0.4, 0.5) is 4.79 Å². The van der Waals surface area contributed by atoms with Crippen molar-refractivity contribution in [3.8, 4) is 11.5 Å². The first-order valence-electron chi connectivity index (χ1n) is 9.36. The van der Waals surface area contributed by atoms with Gasteiger partial charge in [-0.1, -0.05) is 12.1 Å². The summed E-state index contributed by atoms with van der Waals surface area (Å²) in [5, 5.41) is 3.27. The lowest BCUT2D eigenvalue weighted by Crippen LogP contribution is -2.47. The highest BCUT2D eigenvalue weighted by Gasteiger charge is 2.46. The SMILES string of the molecule is CN(C[C@H]1COc2ccccc2O1)C(=O)CN1CC2(CCNCC2)OC1=O. The van der Waals surface area contributed by atoms with Crippen LogP contribution in [0.25, 0.3) is 0 Å². The molecule has 2 fully saturated rings. The van der Waals surface area contributed by atoms with Crippen LogP contribution in [0.1, 0.15) is 12.8 Å². The maximum absolute atomic E-state index is 12.6. The van der Waals surface area contributed by atoms with Crippen LogP contribution in [-0.2, 0) is 9.53 Å². The molecule has 146 valence electrons. The molecule has 27 heavy (non-hydrogen) atoms. The maximum Gasteiger partial charge on any atom is 0.410 e. The average molecular weight is 375 g/mol. The Labute approximate surface area is 158 Å². The van der Waals surface area contributed by atoms with Crippen molar-refractivity contribution in [3.63, 3.8) is 0 Å². The predicted molar refractivity (Wildman–Crippen MR) is 96.9 cm³/mol. The summed E-state index contributed by atoms with van der Waals surface area (Å²) in [5.41, 5.74) is -0.439. The van der Waals surface area contributed by atoms with Crippen LogP contribution in [0.3, 0.4) is 0 Å². The Morgan fingerprint density at radius 1 is 1.30 bits per heavy atom. The lowest BCUT2D eigenvalue weighted by molar-refractivity contribution is -0.131. The highest BCUT2D eigenvalue weighted by molar-refractivity contribution is 5.83. The standard InChI is InChI=1S/C19H25N3O5/c1-21(10-14-12-25-15-4-2-3-5-16(15)26-14)17(23)11-22-13-19(27-18(22)24)6-8-20-9-7-19/h2-5,14,20H,6-13H2,1H3/t14-/m0/s1. The van der Waals surface area contributed by atoms with E-state index >= 15 is 0 Å². The molecule has 3 aliphatic heterocycles. The van der Waals surface area contributed by atoms with Crippen LogP contribution >= 0.6 is 0 Å². The lowest BCUT2D eigenvalue weighted by Gasteiger charge is -2.31. The van der Waals surface area contributed by atoms with E-state index in [-0.39, 0.29) is 18.6 Å². The van der Waals surface area contributed by atoms with E-state index in [4.69, 9.17) is 14.2 Å². The summed E-state index contributed by atoms with van der Waals surface area (Å²) in [4.78, 5) is 27.9. The van der Waals surface area contributed by atoms with Crippen molar-refractivity contribution in [2.75, 3.05) is 46.4 Å². The van der Waals surface area contributed by atoms with Crippen molar-refractivity contribution in [1.29, 1.82) is 0 Å². The highest BCUT2D eigenvalue weighted by Crippen LogP contribution is 2.32. The van der Waals surface area contributed by atoms with Gasteiger partial charge in [-0.15, -0.1) is 0 Å². The van der Waals surface area contributed by atoms with Gasteiger partial charge in [-0.2, -0.15) is 0 Å². The molecule has 8 nitrogen and oxygen atoms in total. The Hall–Kier alpha value is -2.48. The minimum absolute atomic E-state index is 0.0225. The smallest absolute Gasteiger partial charge is 0.410 e. The zero-order valence-corrected chi connectivity index (χ0v) is 15.5. The fraction of sp³-hybridized carbons (Fsp3) is 0.579. The van der Waals surface area contributed by atoms with Crippen molar-refractivity contribution < 1.29 is 23.8 Å². The molecule has 2 amide bonds. The van der Waals surface area contributed by atoms with Crippen LogP contribution in [0, 0.1) is 0 Å². The Balaban J connectivity index is 1.30. The minimum Gasteiger partial charge on any atom is -0.486 e. The van der Waals surface area contributed by atoms with Crippen molar-refractivity contribution in [2.24, 2.45) is 0 Å². The van der Waals surface area contributed by atoms with Crippen molar-refractivity contribution >= 4 is 12.0 Å². The fourth-order valence-corrected chi connectivity index (χ4v) is 3.80. The summed E-state index contributed by atoms with van der Waals surface area (Å²) in [7, 11) is 1.72. The van der Waals surface area contributed by atoms with E-state index in [0.29, 0.717) is 25.4 Å². The fourth-order valence-electron chi connectivity index (χ4n) is 3.80. The quantitative estimate of drug-likeness (QED) is 0.841. The number of fused-ring (bicyclic) bond motifs is 1. The largest absolute Gasteiger partial charge is 0.486 e.